The molecule has 6 nitrogen and oxygen atoms in total. The van der Waals surface area contributed by atoms with Gasteiger partial charge in [0.15, 0.2) is 5.82 Å². The maximum atomic E-state index is 9.42. The van der Waals surface area contributed by atoms with Crippen molar-refractivity contribution in [3.63, 3.8) is 0 Å². The molecular weight excluding hydrogens is 284 g/mol. The van der Waals surface area contributed by atoms with Gasteiger partial charge in [-0.05, 0) is 47.7 Å². The molecule has 0 fully saturated rings. The molecule has 0 aromatic carbocycles. The van der Waals surface area contributed by atoms with E-state index in [1.54, 1.807) is 16.4 Å². The summed E-state index contributed by atoms with van der Waals surface area (Å²) in [6, 6.07) is 2.32. The highest BCUT2D eigenvalue weighted by molar-refractivity contribution is 7.99. The van der Waals surface area contributed by atoms with E-state index in [1.807, 2.05) is 14.0 Å². The third-order valence-electron chi connectivity index (χ3n) is 3.85. The van der Waals surface area contributed by atoms with Gasteiger partial charge < -0.3 is 0 Å². The summed E-state index contributed by atoms with van der Waals surface area (Å²) in [4.78, 5) is 4.71. The molecule has 0 spiro atoms. The molecule has 21 heavy (non-hydrogen) atoms. The van der Waals surface area contributed by atoms with Crippen molar-refractivity contribution in [2.24, 2.45) is 7.05 Å². The first-order valence-corrected chi connectivity index (χ1v) is 7.95. The van der Waals surface area contributed by atoms with E-state index in [2.05, 4.69) is 21.6 Å². The molecule has 108 valence electrons. The molecule has 0 N–H and O–H groups in total. The predicted molar refractivity (Wildman–Crippen MR) is 78.9 cm³/mol. The van der Waals surface area contributed by atoms with Gasteiger partial charge in [-0.3, -0.25) is 0 Å². The largest absolute Gasteiger partial charge is 0.245 e. The number of pyridine rings is 1. The van der Waals surface area contributed by atoms with E-state index < -0.39 is 0 Å². The van der Waals surface area contributed by atoms with E-state index in [0.29, 0.717) is 0 Å². The van der Waals surface area contributed by atoms with Crippen LogP contribution in [0.25, 0.3) is 0 Å². The van der Waals surface area contributed by atoms with Gasteiger partial charge in [0, 0.05) is 24.9 Å². The minimum atomic E-state index is 0.733. The van der Waals surface area contributed by atoms with Gasteiger partial charge in [0.25, 0.3) is 0 Å². The zero-order valence-electron chi connectivity index (χ0n) is 12.1. The van der Waals surface area contributed by atoms with E-state index in [-0.39, 0.29) is 0 Å². The smallest absolute Gasteiger partial charge is 0.151 e. The van der Waals surface area contributed by atoms with Crippen LogP contribution in [0.1, 0.15) is 34.6 Å². The van der Waals surface area contributed by atoms with Crippen LogP contribution < -0.4 is 0 Å². The Morgan fingerprint density at radius 2 is 2.24 bits per heavy atom. The second-order valence-electron chi connectivity index (χ2n) is 5.12. The van der Waals surface area contributed by atoms with E-state index in [1.165, 1.54) is 11.3 Å². The molecule has 0 amide bonds. The van der Waals surface area contributed by atoms with Crippen LogP contribution in [-0.4, -0.2) is 30.9 Å². The van der Waals surface area contributed by atoms with Crippen LogP contribution in [0, 0.1) is 18.3 Å². The molecule has 2 heterocycles. The first kappa shape index (κ1) is 14.0. The summed E-state index contributed by atoms with van der Waals surface area (Å²) < 4.78 is 1.67. The standard InChI is InChI=1S/C14H16N6S/c1-9-10-4-3-5-12(10)16-14(11(9)8-15)21-7-6-13-17-18-19-20(13)2/h3-7H2,1-2H3. The SMILES string of the molecule is Cc1c(C#N)c(SCCc2nnnn2C)nc2c1CCC2. The van der Waals surface area contributed by atoms with Crippen molar-refractivity contribution >= 4 is 11.8 Å². The van der Waals surface area contributed by atoms with E-state index >= 15 is 0 Å². The van der Waals surface area contributed by atoms with Crippen molar-refractivity contribution < 1.29 is 0 Å². The minimum absolute atomic E-state index is 0.733. The van der Waals surface area contributed by atoms with Crippen LogP contribution >= 0.6 is 11.8 Å². The number of thioether (sulfide) groups is 1. The van der Waals surface area contributed by atoms with E-state index in [4.69, 9.17) is 4.98 Å². The Balaban J connectivity index is 1.78. The normalized spacial score (nSPS) is 13.2. The second kappa shape index (κ2) is 5.82. The molecule has 0 atom stereocenters. The maximum Gasteiger partial charge on any atom is 0.151 e. The van der Waals surface area contributed by atoms with Crippen molar-refractivity contribution in [3.8, 4) is 6.07 Å². The zero-order chi connectivity index (χ0) is 14.8. The fraction of sp³-hybridized carbons (Fsp3) is 0.500. The van der Waals surface area contributed by atoms with Gasteiger partial charge in [0.1, 0.15) is 11.1 Å². The molecule has 0 unspecified atom stereocenters. The van der Waals surface area contributed by atoms with Crippen LogP contribution in [-0.2, 0) is 26.3 Å². The fourth-order valence-corrected chi connectivity index (χ4v) is 3.68. The number of tetrazole rings is 1. The van der Waals surface area contributed by atoms with Crippen LogP contribution in [0.5, 0.6) is 0 Å². The van der Waals surface area contributed by atoms with Gasteiger partial charge in [0.05, 0.1) is 5.56 Å². The molecular formula is C14H16N6S. The lowest BCUT2D eigenvalue weighted by Gasteiger charge is -2.10. The Morgan fingerprint density at radius 3 is 2.95 bits per heavy atom. The van der Waals surface area contributed by atoms with Gasteiger partial charge in [0.2, 0.25) is 0 Å². The van der Waals surface area contributed by atoms with Crippen LogP contribution in [0.3, 0.4) is 0 Å². The van der Waals surface area contributed by atoms with Gasteiger partial charge in [-0.25, -0.2) is 9.67 Å². The van der Waals surface area contributed by atoms with Crippen molar-refractivity contribution in [1.29, 1.82) is 5.26 Å². The van der Waals surface area contributed by atoms with Gasteiger partial charge in [-0.2, -0.15) is 5.26 Å². The monoisotopic (exact) mass is 300 g/mol. The summed E-state index contributed by atoms with van der Waals surface area (Å²) in [7, 11) is 1.83. The molecule has 1 aliphatic rings. The topological polar surface area (TPSA) is 80.3 Å². The number of hydrogen-bond donors (Lipinski definition) is 0. The highest BCUT2D eigenvalue weighted by atomic mass is 32.2. The van der Waals surface area contributed by atoms with E-state index in [9.17, 15) is 5.26 Å². The minimum Gasteiger partial charge on any atom is -0.245 e. The zero-order valence-corrected chi connectivity index (χ0v) is 12.9. The highest BCUT2D eigenvalue weighted by Gasteiger charge is 2.20. The van der Waals surface area contributed by atoms with Crippen molar-refractivity contribution in [1.82, 2.24) is 25.2 Å². The molecule has 7 heteroatoms. The first-order valence-electron chi connectivity index (χ1n) is 6.97. The van der Waals surface area contributed by atoms with Crippen LogP contribution in [0.15, 0.2) is 5.03 Å². The average molecular weight is 300 g/mol. The summed E-state index contributed by atoms with van der Waals surface area (Å²) in [5, 5.41) is 21.7. The molecule has 0 saturated carbocycles. The lowest BCUT2D eigenvalue weighted by Crippen LogP contribution is -2.03. The van der Waals surface area contributed by atoms with Crippen LogP contribution in [0.2, 0.25) is 0 Å². The summed E-state index contributed by atoms with van der Waals surface area (Å²) in [6.45, 7) is 2.04. The predicted octanol–water partition coefficient (Wildman–Crippen LogP) is 1.61. The quantitative estimate of drug-likeness (QED) is 0.798. The Labute approximate surface area is 127 Å². The third-order valence-corrected chi connectivity index (χ3v) is 4.83. The maximum absolute atomic E-state index is 9.42. The molecule has 2 aromatic rings. The lowest BCUT2D eigenvalue weighted by atomic mass is 10.0. The summed E-state index contributed by atoms with van der Waals surface area (Å²) in [5.74, 6) is 1.66. The Hall–Kier alpha value is -1.94. The molecule has 1 aliphatic carbocycles. The van der Waals surface area contributed by atoms with Gasteiger partial charge >= 0.3 is 0 Å². The van der Waals surface area contributed by atoms with Gasteiger partial charge in [-0.1, -0.05) is 0 Å². The van der Waals surface area contributed by atoms with Crippen LogP contribution in [0.4, 0.5) is 0 Å². The number of aryl methyl sites for hydroxylation is 3. The number of fused-ring (bicyclic) bond motifs is 1. The molecule has 0 saturated heterocycles. The average Bonchev–Trinajstić information content (AvgIpc) is 3.09. The lowest BCUT2D eigenvalue weighted by molar-refractivity contribution is 0.683. The molecule has 3 rings (SSSR count). The summed E-state index contributed by atoms with van der Waals surface area (Å²) >= 11 is 1.62. The Morgan fingerprint density at radius 1 is 1.38 bits per heavy atom. The number of aromatic nitrogens is 5. The fourth-order valence-electron chi connectivity index (χ4n) is 2.68. The molecule has 0 aliphatic heterocycles. The van der Waals surface area contributed by atoms with E-state index in [0.717, 1.165) is 53.4 Å². The van der Waals surface area contributed by atoms with Crippen molar-refractivity contribution in [2.75, 3.05) is 5.75 Å². The summed E-state index contributed by atoms with van der Waals surface area (Å²) in [5.41, 5.74) is 4.31. The number of rotatable bonds is 4. The van der Waals surface area contributed by atoms with Crippen molar-refractivity contribution in [2.45, 2.75) is 37.6 Å². The molecule has 0 radical (unpaired) electrons. The first-order chi connectivity index (χ1) is 10.2. The molecule has 0 bridgehead atoms. The van der Waals surface area contributed by atoms with Gasteiger partial charge in [-0.15, -0.1) is 16.9 Å². The Bertz CT molecular complexity index is 715. The van der Waals surface area contributed by atoms with Crippen molar-refractivity contribution in [3.05, 3.63) is 28.2 Å². The molecule has 2 aromatic heterocycles. The number of nitriles is 1. The Kier molecular flexibility index (Phi) is 3.88. The summed E-state index contributed by atoms with van der Waals surface area (Å²) in [6.07, 6.45) is 3.99. The highest BCUT2D eigenvalue weighted by Crippen LogP contribution is 2.31. The second-order valence-corrected chi connectivity index (χ2v) is 6.21. The number of hydrogen-bond acceptors (Lipinski definition) is 6. The third kappa shape index (κ3) is 2.63. The number of nitrogens with zero attached hydrogens (tertiary/aromatic N) is 6.